The van der Waals surface area contributed by atoms with Crippen LogP contribution in [0.5, 0.6) is 0 Å². The zero-order valence-electron chi connectivity index (χ0n) is 6.41. The second kappa shape index (κ2) is 4.56. The Bertz CT molecular complexity index is 98.5. The predicted molar refractivity (Wildman–Crippen MR) is 37.2 cm³/mol. The second-order valence-electron chi connectivity index (χ2n) is 2.34. The number of nitrogens with one attached hydrogen (secondary N) is 1. The van der Waals surface area contributed by atoms with Gasteiger partial charge in [0.05, 0.1) is 6.54 Å². The number of hydrogen-bond acceptors (Lipinski definition) is 2. The molecule has 0 spiro atoms. The van der Waals surface area contributed by atoms with Crippen molar-refractivity contribution in [1.29, 1.82) is 0 Å². The van der Waals surface area contributed by atoms with Gasteiger partial charge in [0.2, 0.25) is 0 Å². The molecule has 0 aliphatic rings. The first-order valence-corrected chi connectivity index (χ1v) is 3.49. The van der Waals surface area contributed by atoms with E-state index in [1.54, 1.807) is 6.92 Å². The Morgan fingerprint density at radius 1 is 1.45 bits per heavy atom. The van der Waals surface area contributed by atoms with E-state index in [0.29, 0.717) is 6.42 Å². The third-order valence-electron chi connectivity index (χ3n) is 1.37. The van der Waals surface area contributed by atoms with Gasteiger partial charge >= 0.3 is 6.18 Å². The van der Waals surface area contributed by atoms with Crippen LogP contribution in [0.15, 0.2) is 0 Å². The summed E-state index contributed by atoms with van der Waals surface area (Å²) in [6, 6.07) is -0.225. The van der Waals surface area contributed by atoms with Gasteiger partial charge in [-0.15, -0.1) is 0 Å². The molecule has 0 aromatic carbocycles. The van der Waals surface area contributed by atoms with Gasteiger partial charge in [-0.25, -0.2) is 0 Å². The van der Waals surface area contributed by atoms with Crippen molar-refractivity contribution in [2.75, 3.05) is 13.1 Å². The topological polar surface area (TPSA) is 38.0 Å². The Morgan fingerprint density at radius 2 is 2.00 bits per heavy atom. The van der Waals surface area contributed by atoms with E-state index >= 15 is 0 Å². The summed E-state index contributed by atoms with van der Waals surface area (Å²) in [5, 5.41) is 2.31. The van der Waals surface area contributed by atoms with Gasteiger partial charge < -0.3 is 11.1 Å². The lowest BCUT2D eigenvalue weighted by atomic mass is 10.2. The van der Waals surface area contributed by atoms with Crippen LogP contribution in [0.4, 0.5) is 13.2 Å². The Morgan fingerprint density at radius 3 is 2.27 bits per heavy atom. The maximum absolute atomic E-state index is 11.6. The van der Waals surface area contributed by atoms with Crippen molar-refractivity contribution in [1.82, 2.24) is 5.32 Å². The van der Waals surface area contributed by atoms with Gasteiger partial charge in [-0.3, -0.25) is 0 Å². The lowest BCUT2D eigenvalue weighted by Gasteiger charge is -2.15. The molecule has 0 aromatic heterocycles. The van der Waals surface area contributed by atoms with Crippen molar-refractivity contribution < 1.29 is 13.2 Å². The fourth-order valence-corrected chi connectivity index (χ4v) is 0.654. The van der Waals surface area contributed by atoms with Crippen LogP contribution in [0.3, 0.4) is 0 Å². The molecule has 3 N–H and O–H groups in total. The number of nitrogens with two attached hydrogens (primary N) is 1. The molecule has 0 radical (unpaired) electrons. The standard InChI is InChI=1S/C6H13F3N2/c1-2-5(3-10)11-4-6(7,8)9/h5,11H,2-4,10H2,1H3. The highest BCUT2D eigenvalue weighted by atomic mass is 19.4. The van der Waals surface area contributed by atoms with Crippen LogP contribution in [0.2, 0.25) is 0 Å². The van der Waals surface area contributed by atoms with Gasteiger partial charge in [-0.2, -0.15) is 13.2 Å². The minimum atomic E-state index is -4.14. The Labute approximate surface area is 64.0 Å². The molecule has 0 saturated heterocycles. The first-order chi connectivity index (χ1) is 4.99. The zero-order valence-corrected chi connectivity index (χ0v) is 6.41. The van der Waals surface area contributed by atoms with E-state index in [4.69, 9.17) is 5.73 Å². The summed E-state index contributed by atoms with van der Waals surface area (Å²) in [5.74, 6) is 0. The Balaban J connectivity index is 3.51. The van der Waals surface area contributed by atoms with E-state index in [-0.39, 0.29) is 12.6 Å². The van der Waals surface area contributed by atoms with Crippen molar-refractivity contribution >= 4 is 0 Å². The fraction of sp³-hybridized carbons (Fsp3) is 1.00. The molecule has 68 valence electrons. The highest BCUT2D eigenvalue weighted by Gasteiger charge is 2.27. The van der Waals surface area contributed by atoms with Crippen LogP contribution >= 0.6 is 0 Å². The minimum absolute atomic E-state index is 0.225. The number of rotatable bonds is 4. The number of hydrogen-bond donors (Lipinski definition) is 2. The SMILES string of the molecule is CCC(CN)NCC(F)(F)F. The molecule has 1 atom stereocenters. The van der Waals surface area contributed by atoms with Crippen LogP contribution in [0.25, 0.3) is 0 Å². The van der Waals surface area contributed by atoms with Gasteiger partial charge in [0.1, 0.15) is 0 Å². The van der Waals surface area contributed by atoms with E-state index in [1.165, 1.54) is 0 Å². The molecule has 11 heavy (non-hydrogen) atoms. The Kier molecular flexibility index (Phi) is 4.44. The maximum atomic E-state index is 11.6. The average molecular weight is 170 g/mol. The summed E-state index contributed by atoms with van der Waals surface area (Å²) < 4.78 is 34.8. The van der Waals surface area contributed by atoms with Crippen molar-refractivity contribution in [2.45, 2.75) is 25.6 Å². The molecular formula is C6H13F3N2. The molecule has 0 rings (SSSR count). The summed E-state index contributed by atoms with van der Waals surface area (Å²) in [6.07, 6.45) is -3.52. The zero-order chi connectivity index (χ0) is 8.91. The molecular weight excluding hydrogens is 157 g/mol. The van der Waals surface area contributed by atoms with Gasteiger partial charge in [0.25, 0.3) is 0 Å². The molecule has 0 amide bonds. The first-order valence-electron chi connectivity index (χ1n) is 3.49. The van der Waals surface area contributed by atoms with Crippen LogP contribution in [-0.4, -0.2) is 25.3 Å². The first kappa shape index (κ1) is 10.7. The smallest absolute Gasteiger partial charge is 0.329 e. The van der Waals surface area contributed by atoms with Crippen molar-refractivity contribution in [3.8, 4) is 0 Å². The van der Waals surface area contributed by atoms with Crippen LogP contribution in [-0.2, 0) is 0 Å². The van der Waals surface area contributed by atoms with Crippen LogP contribution in [0, 0.1) is 0 Å². The fourth-order valence-electron chi connectivity index (χ4n) is 0.654. The molecule has 2 nitrogen and oxygen atoms in total. The van der Waals surface area contributed by atoms with Crippen LogP contribution < -0.4 is 11.1 Å². The molecule has 0 aliphatic heterocycles. The predicted octanol–water partition coefficient (Wildman–Crippen LogP) is 0.876. The van der Waals surface area contributed by atoms with Gasteiger partial charge in [0.15, 0.2) is 0 Å². The summed E-state index contributed by atoms with van der Waals surface area (Å²) in [7, 11) is 0. The molecule has 0 fully saturated rings. The lowest BCUT2D eigenvalue weighted by Crippen LogP contribution is -2.40. The van der Waals surface area contributed by atoms with Gasteiger partial charge in [0, 0.05) is 12.6 Å². The summed E-state index contributed by atoms with van der Waals surface area (Å²) in [6.45, 7) is 1.08. The molecule has 0 heterocycles. The summed E-state index contributed by atoms with van der Waals surface area (Å²) in [4.78, 5) is 0. The van der Waals surface area contributed by atoms with E-state index in [2.05, 4.69) is 5.32 Å². The summed E-state index contributed by atoms with van der Waals surface area (Å²) >= 11 is 0. The lowest BCUT2D eigenvalue weighted by molar-refractivity contribution is -0.126. The van der Waals surface area contributed by atoms with Gasteiger partial charge in [-0.1, -0.05) is 6.92 Å². The second-order valence-corrected chi connectivity index (χ2v) is 2.34. The number of halogens is 3. The highest BCUT2D eigenvalue weighted by Crippen LogP contribution is 2.12. The molecule has 0 aromatic rings. The van der Waals surface area contributed by atoms with Crippen molar-refractivity contribution in [3.05, 3.63) is 0 Å². The molecule has 1 unspecified atom stereocenters. The maximum Gasteiger partial charge on any atom is 0.401 e. The van der Waals surface area contributed by atoms with Gasteiger partial charge in [-0.05, 0) is 6.42 Å². The minimum Gasteiger partial charge on any atom is -0.329 e. The number of alkyl halides is 3. The third kappa shape index (κ3) is 6.12. The van der Waals surface area contributed by atoms with Crippen molar-refractivity contribution in [2.24, 2.45) is 5.73 Å². The van der Waals surface area contributed by atoms with E-state index in [1.807, 2.05) is 0 Å². The average Bonchev–Trinajstić information content (AvgIpc) is 1.88. The van der Waals surface area contributed by atoms with Crippen molar-refractivity contribution in [3.63, 3.8) is 0 Å². The molecule has 0 aliphatic carbocycles. The van der Waals surface area contributed by atoms with E-state index in [0.717, 1.165) is 0 Å². The van der Waals surface area contributed by atoms with E-state index < -0.39 is 12.7 Å². The normalized spacial score (nSPS) is 15.0. The quantitative estimate of drug-likeness (QED) is 0.657. The summed E-state index contributed by atoms with van der Waals surface area (Å²) in [5.41, 5.74) is 5.18. The van der Waals surface area contributed by atoms with Crippen LogP contribution in [0.1, 0.15) is 13.3 Å². The third-order valence-corrected chi connectivity index (χ3v) is 1.37. The molecule has 5 heteroatoms. The van der Waals surface area contributed by atoms with E-state index in [9.17, 15) is 13.2 Å². The highest BCUT2D eigenvalue weighted by molar-refractivity contribution is 4.67. The Hall–Kier alpha value is -0.290. The largest absolute Gasteiger partial charge is 0.401 e. The molecule has 0 saturated carbocycles. The monoisotopic (exact) mass is 170 g/mol. The molecule has 0 bridgehead atoms.